The molecular weight excluding hydrogens is 718 g/mol. The summed E-state index contributed by atoms with van der Waals surface area (Å²) in [6.07, 6.45) is 2.78. The molecular formula is C40H48F2N4O9. The third-order valence-electron chi connectivity index (χ3n) is 11.9. The van der Waals surface area contributed by atoms with Crippen LogP contribution < -0.4 is 10.6 Å². The van der Waals surface area contributed by atoms with E-state index in [1.54, 1.807) is 28.4 Å². The van der Waals surface area contributed by atoms with Crippen LogP contribution >= 0.6 is 0 Å². The van der Waals surface area contributed by atoms with Crippen LogP contribution in [0.25, 0.3) is 0 Å². The highest BCUT2D eigenvalue weighted by atomic mass is 19.1. The van der Waals surface area contributed by atoms with Gasteiger partial charge in [-0.2, -0.15) is 0 Å². The lowest BCUT2D eigenvalue weighted by Gasteiger charge is -2.57. The average Bonchev–Trinajstić information content (AvgIpc) is 3.18. The van der Waals surface area contributed by atoms with Crippen molar-refractivity contribution >= 4 is 23.1 Å². The number of nitrogens with one attached hydrogen (secondary N) is 2. The van der Waals surface area contributed by atoms with Gasteiger partial charge < -0.3 is 44.9 Å². The molecule has 2 aromatic rings. The number of nitrogens with zero attached hydrogens (tertiary/aromatic N) is 2. The van der Waals surface area contributed by atoms with Gasteiger partial charge in [-0.05, 0) is 61.4 Å². The van der Waals surface area contributed by atoms with Crippen molar-refractivity contribution in [1.29, 1.82) is 0 Å². The number of rotatable bonds is 8. The predicted molar refractivity (Wildman–Crippen MR) is 194 cm³/mol. The molecule has 6 aliphatic rings. The van der Waals surface area contributed by atoms with Gasteiger partial charge >= 0.3 is 0 Å². The standard InChI is InChI=1S/2C20H23FN2O4.H2O/c2*1-26-20(27-2)15-10-14(24)11-16(20)23-9-3-8-22-19(23)17(15)18(25)12-4-6-13(21)7-5-12;/h2*4-7,15-16,22H,3,8-11H2,1-2H3;1H2/t2*15-,16-;/m10./s1. The van der Waals surface area contributed by atoms with Crippen LogP contribution in [0, 0.1) is 23.5 Å². The van der Waals surface area contributed by atoms with Crippen molar-refractivity contribution < 1.29 is 52.4 Å². The van der Waals surface area contributed by atoms with E-state index in [0.29, 0.717) is 48.2 Å². The maximum atomic E-state index is 13.4. The molecule has 8 rings (SSSR count). The molecule has 55 heavy (non-hydrogen) atoms. The van der Waals surface area contributed by atoms with Crippen LogP contribution in [-0.4, -0.2) is 117 Å². The van der Waals surface area contributed by atoms with E-state index in [9.17, 15) is 28.0 Å². The van der Waals surface area contributed by atoms with Crippen LogP contribution in [0.2, 0.25) is 0 Å². The molecule has 296 valence electrons. The zero-order valence-corrected chi connectivity index (χ0v) is 31.4. The summed E-state index contributed by atoms with van der Waals surface area (Å²) in [5.74, 6) is -2.77. The van der Waals surface area contributed by atoms with Gasteiger partial charge in [0.2, 0.25) is 0 Å². The number of fused-ring (bicyclic) bond motifs is 8. The number of Topliss-reactive ketones (excluding diaryl/α,β-unsaturated/α-hetero) is 4. The van der Waals surface area contributed by atoms with Crippen LogP contribution in [0.5, 0.6) is 0 Å². The van der Waals surface area contributed by atoms with Crippen LogP contribution in [0.15, 0.2) is 71.3 Å². The Kier molecular flexibility index (Phi) is 11.6. The summed E-state index contributed by atoms with van der Waals surface area (Å²) in [4.78, 5) is 55.9. The van der Waals surface area contributed by atoms with E-state index < -0.39 is 35.0 Å². The lowest BCUT2D eigenvalue weighted by molar-refractivity contribution is -0.278. The van der Waals surface area contributed by atoms with E-state index in [0.717, 1.165) is 37.6 Å². The summed E-state index contributed by atoms with van der Waals surface area (Å²) in [7, 11) is 6.23. The fraction of sp³-hybridized carbons (Fsp3) is 0.500. The van der Waals surface area contributed by atoms with Gasteiger partial charge in [0.25, 0.3) is 0 Å². The van der Waals surface area contributed by atoms with E-state index in [-0.39, 0.29) is 53.5 Å². The molecule has 0 spiro atoms. The highest BCUT2D eigenvalue weighted by Gasteiger charge is 2.62. The van der Waals surface area contributed by atoms with Gasteiger partial charge in [-0.3, -0.25) is 19.2 Å². The van der Waals surface area contributed by atoms with Crippen LogP contribution in [0.4, 0.5) is 8.78 Å². The van der Waals surface area contributed by atoms with E-state index in [4.69, 9.17) is 18.9 Å². The Morgan fingerprint density at radius 2 is 0.964 bits per heavy atom. The monoisotopic (exact) mass is 766 g/mol. The third kappa shape index (κ3) is 6.65. The summed E-state index contributed by atoms with van der Waals surface area (Å²) in [6, 6.07) is 10.4. The van der Waals surface area contributed by atoms with Gasteiger partial charge in [0, 0.05) is 103 Å². The third-order valence-corrected chi connectivity index (χ3v) is 11.9. The van der Waals surface area contributed by atoms with E-state index in [1.807, 2.05) is 9.80 Å². The number of ether oxygens (including phenoxy) is 4. The molecule has 0 amide bonds. The predicted octanol–water partition coefficient (Wildman–Crippen LogP) is 2.91. The first-order chi connectivity index (χ1) is 26.0. The number of hydrogen-bond acceptors (Lipinski definition) is 12. The molecule has 15 heteroatoms. The second kappa shape index (κ2) is 15.9. The minimum atomic E-state index is -1.07. The molecule has 4 fully saturated rings. The van der Waals surface area contributed by atoms with Gasteiger partial charge in [-0.1, -0.05) is 0 Å². The quantitative estimate of drug-likeness (QED) is 0.299. The topological polar surface area (TPSA) is 167 Å². The minimum Gasteiger partial charge on any atom is -0.412 e. The van der Waals surface area contributed by atoms with Crippen molar-refractivity contribution in [3.63, 3.8) is 0 Å². The SMILES string of the molecule is COC1(OC)[C@@H]2CC(=O)C[C@H]1C(C(=O)c1ccc(F)cc1)=C1NCCCN12.COC1(OC)[C@@H]2CC(=O)C[C@H]1N1CCCNC1=C2C(=O)c1ccc(F)cc1.O. The summed E-state index contributed by atoms with van der Waals surface area (Å²) in [6.45, 7) is 2.93. The van der Waals surface area contributed by atoms with Gasteiger partial charge in [-0.15, -0.1) is 0 Å². The Balaban J connectivity index is 0.000000184. The van der Waals surface area contributed by atoms with Gasteiger partial charge in [0.1, 0.15) is 34.8 Å². The van der Waals surface area contributed by atoms with E-state index in [1.165, 1.54) is 48.5 Å². The first kappa shape index (κ1) is 40.1. The van der Waals surface area contributed by atoms with Crippen LogP contribution in [0.3, 0.4) is 0 Å². The number of methoxy groups -OCH3 is 4. The normalized spacial score (nSPS) is 26.0. The summed E-state index contributed by atoms with van der Waals surface area (Å²) in [5.41, 5.74) is 1.72. The highest BCUT2D eigenvalue weighted by Crippen LogP contribution is 2.50. The number of hydrogen-bond donors (Lipinski definition) is 2. The van der Waals surface area contributed by atoms with Crippen molar-refractivity contribution in [3.05, 3.63) is 94.1 Å². The number of carbonyl (C=O) groups is 4. The molecule has 4 heterocycles. The molecule has 0 unspecified atom stereocenters. The molecule has 2 saturated carbocycles. The Bertz CT molecular complexity index is 1740. The fourth-order valence-electron chi connectivity index (χ4n) is 9.47. The Morgan fingerprint density at radius 1 is 0.618 bits per heavy atom. The molecule has 4 bridgehead atoms. The first-order valence-corrected chi connectivity index (χ1v) is 18.4. The molecule has 2 aliphatic carbocycles. The van der Waals surface area contributed by atoms with Crippen molar-refractivity contribution in [1.82, 2.24) is 20.4 Å². The Labute approximate surface area is 318 Å². The van der Waals surface area contributed by atoms with E-state index >= 15 is 0 Å². The largest absolute Gasteiger partial charge is 0.412 e. The summed E-state index contributed by atoms with van der Waals surface area (Å²) >= 11 is 0. The molecule has 4 aliphatic heterocycles. The molecule has 0 radical (unpaired) electrons. The Morgan fingerprint density at radius 3 is 1.29 bits per heavy atom. The zero-order valence-electron chi connectivity index (χ0n) is 31.4. The van der Waals surface area contributed by atoms with Gasteiger partial charge in [0.15, 0.2) is 23.1 Å². The smallest absolute Gasteiger partial charge is 0.196 e. The lowest BCUT2D eigenvalue weighted by Crippen LogP contribution is -2.68. The second-order valence-electron chi connectivity index (χ2n) is 14.4. The summed E-state index contributed by atoms with van der Waals surface area (Å²) in [5, 5.41) is 6.70. The molecule has 0 aromatic heterocycles. The van der Waals surface area contributed by atoms with Crippen molar-refractivity contribution in [3.8, 4) is 0 Å². The molecule has 4 N–H and O–H groups in total. The number of benzene rings is 2. The fourth-order valence-corrected chi connectivity index (χ4v) is 9.47. The minimum absolute atomic E-state index is 0. The zero-order chi connectivity index (χ0) is 38.4. The summed E-state index contributed by atoms with van der Waals surface area (Å²) < 4.78 is 50.0. The van der Waals surface area contributed by atoms with Crippen LogP contribution in [0.1, 0.15) is 59.2 Å². The number of halogens is 2. The van der Waals surface area contributed by atoms with Crippen molar-refractivity contribution in [2.75, 3.05) is 54.6 Å². The number of ketones is 4. The molecule has 2 aromatic carbocycles. The highest BCUT2D eigenvalue weighted by molar-refractivity contribution is 6.11. The average molecular weight is 767 g/mol. The van der Waals surface area contributed by atoms with Crippen LogP contribution in [-0.2, 0) is 28.5 Å². The first-order valence-electron chi connectivity index (χ1n) is 18.4. The second-order valence-corrected chi connectivity index (χ2v) is 14.4. The molecule has 2 saturated heterocycles. The number of carbonyl (C=O) groups excluding carboxylic acids is 4. The molecule has 13 nitrogen and oxygen atoms in total. The van der Waals surface area contributed by atoms with E-state index in [2.05, 4.69) is 10.6 Å². The van der Waals surface area contributed by atoms with Crippen molar-refractivity contribution in [2.45, 2.75) is 62.2 Å². The molecule has 4 atom stereocenters. The maximum Gasteiger partial charge on any atom is 0.196 e. The van der Waals surface area contributed by atoms with Gasteiger partial charge in [0.05, 0.1) is 23.9 Å². The van der Waals surface area contributed by atoms with Crippen molar-refractivity contribution in [2.24, 2.45) is 11.8 Å². The maximum absolute atomic E-state index is 13.4. The lowest BCUT2D eigenvalue weighted by atomic mass is 9.69. The van der Waals surface area contributed by atoms with Gasteiger partial charge in [-0.25, -0.2) is 8.78 Å². The Hall–Kier alpha value is -4.54.